The van der Waals surface area contributed by atoms with Crippen molar-refractivity contribution in [2.24, 2.45) is 0 Å². The van der Waals surface area contributed by atoms with Gasteiger partial charge in [-0.1, -0.05) is 30.7 Å². The summed E-state index contributed by atoms with van der Waals surface area (Å²) in [6, 6.07) is 7.06. The van der Waals surface area contributed by atoms with E-state index in [1.807, 2.05) is 0 Å². The molecule has 0 unspecified atom stereocenters. The van der Waals surface area contributed by atoms with Gasteiger partial charge in [-0.05, 0) is 18.6 Å². The summed E-state index contributed by atoms with van der Waals surface area (Å²) in [6.07, 6.45) is 0.546. The van der Waals surface area contributed by atoms with Crippen LogP contribution in [0.15, 0.2) is 28.7 Å². The fourth-order valence-electron chi connectivity index (χ4n) is 1.58. The molecule has 1 N–H and O–H groups in total. The highest BCUT2D eigenvalue weighted by molar-refractivity contribution is 7.89. The van der Waals surface area contributed by atoms with Crippen molar-refractivity contribution in [3.05, 3.63) is 35.2 Å². The van der Waals surface area contributed by atoms with Crippen LogP contribution in [0.5, 0.6) is 0 Å². The van der Waals surface area contributed by atoms with Gasteiger partial charge in [0.05, 0.1) is 22.9 Å². The lowest BCUT2D eigenvalue weighted by molar-refractivity contribution is 0.494. The van der Waals surface area contributed by atoms with E-state index in [1.54, 1.807) is 31.2 Å². The molecule has 0 radical (unpaired) electrons. The lowest BCUT2D eigenvalue weighted by atomic mass is 10.2. The number of nitrogens with one attached hydrogen (secondary N) is 1. The minimum absolute atomic E-state index is 0.0280. The summed E-state index contributed by atoms with van der Waals surface area (Å²) in [6.45, 7) is 1.77. The Kier molecular flexibility index (Phi) is 4.74. The quantitative estimate of drug-likeness (QED) is 0.883. The Balaban J connectivity index is 2.09. The van der Waals surface area contributed by atoms with Gasteiger partial charge >= 0.3 is 0 Å². The Bertz CT molecular complexity index is 685. The molecule has 108 valence electrons. The summed E-state index contributed by atoms with van der Waals surface area (Å²) in [4.78, 5) is 0. The van der Waals surface area contributed by atoms with E-state index in [4.69, 9.17) is 16.0 Å². The smallest absolute Gasteiger partial charge is 0.249 e. The minimum Gasteiger partial charge on any atom is -0.419 e. The topological polar surface area (TPSA) is 85.1 Å². The summed E-state index contributed by atoms with van der Waals surface area (Å²) in [7, 11) is -3.30. The Labute approximate surface area is 122 Å². The molecule has 2 rings (SSSR count). The summed E-state index contributed by atoms with van der Waals surface area (Å²) >= 11 is 6.02. The van der Waals surface area contributed by atoms with Crippen LogP contribution >= 0.6 is 11.6 Å². The minimum atomic E-state index is -3.30. The molecule has 0 aliphatic rings. The van der Waals surface area contributed by atoms with Crippen LogP contribution in [0.2, 0.25) is 5.02 Å². The average Bonchev–Trinajstić information content (AvgIpc) is 2.86. The summed E-state index contributed by atoms with van der Waals surface area (Å²) in [5.74, 6) is 0.526. The lowest BCUT2D eigenvalue weighted by Crippen LogP contribution is -2.25. The Morgan fingerprint density at radius 3 is 2.75 bits per heavy atom. The Morgan fingerprint density at radius 1 is 1.30 bits per heavy atom. The summed E-state index contributed by atoms with van der Waals surface area (Å²) < 4.78 is 30.8. The molecule has 0 bridgehead atoms. The van der Waals surface area contributed by atoms with Gasteiger partial charge in [0.1, 0.15) is 0 Å². The molecule has 0 atom stereocenters. The molecular weight excluding hydrogens is 302 g/mol. The van der Waals surface area contributed by atoms with Crippen molar-refractivity contribution >= 4 is 21.6 Å². The maximum atomic E-state index is 11.5. The molecule has 1 heterocycles. The first-order valence-electron chi connectivity index (χ1n) is 6.06. The van der Waals surface area contributed by atoms with Crippen molar-refractivity contribution in [3.8, 4) is 11.5 Å². The van der Waals surface area contributed by atoms with Crippen LogP contribution in [0.1, 0.15) is 19.2 Å². The predicted molar refractivity (Wildman–Crippen MR) is 75.7 cm³/mol. The van der Waals surface area contributed by atoms with Crippen LogP contribution in [-0.2, 0) is 16.6 Å². The molecule has 0 aliphatic heterocycles. The van der Waals surface area contributed by atoms with Crippen LogP contribution in [0.4, 0.5) is 0 Å². The molecule has 0 spiro atoms. The van der Waals surface area contributed by atoms with E-state index >= 15 is 0 Å². The number of rotatable bonds is 6. The molecule has 8 heteroatoms. The van der Waals surface area contributed by atoms with Gasteiger partial charge in [-0.15, -0.1) is 10.2 Å². The van der Waals surface area contributed by atoms with Gasteiger partial charge in [-0.2, -0.15) is 0 Å². The van der Waals surface area contributed by atoms with E-state index in [0.717, 1.165) is 0 Å². The Morgan fingerprint density at radius 2 is 2.05 bits per heavy atom. The SMILES string of the molecule is CCCS(=O)(=O)NCc1nnc(-c2ccccc2Cl)o1. The third kappa shape index (κ3) is 3.78. The first kappa shape index (κ1) is 15.0. The predicted octanol–water partition coefficient (Wildman–Crippen LogP) is 2.22. The molecule has 0 saturated carbocycles. The van der Waals surface area contributed by atoms with E-state index in [0.29, 0.717) is 17.0 Å². The number of benzene rings is 1. The van der Waals surface area contributed by atoms with Crippen molar-refractivity contribution in [2.45, 2.75) is 19.9 Å². The molecule has 6 nitrogen and oxygen atoms in total. The molecule has 1 aromatic heterocycles. The monoisotopic (exact) mass is 315 g/mol. The van der Waals surface area contributed by atoms with Crippen LogP contribution in [0, 0.1) is 0 Å². The van der Waals surface area contributed by atoms with Gasteiger partial charge in [0.25, 0.3) is 0 Å². The number of hydrogen-bond acceptors (Lipinski definition) is 5. The number of nitrogens with zero attached hydrogens (tertiary/aromatic N) is 2. The zero-order valence-corrected chi connectivity index (χ0v) is 12.4. The number of aromatic nitrogens is 2. The van der Waals surface area contributed by atoms with Gasteiger partial charge in [-0.3, -0.25) is 0 Å². The first-order chi connectivity index (χ1) is 9.52. The van der Waals surface area contributed by atoms with E-state index in [1.165, 1.54) is 0 Å². The summed E-state index contributed by atoms with van der Waals surface area (Å²) in [5, 5.41) is 8.15. The highest BCUT2D eigenvalue weighted by Crippen LogP contribution is 2.26. The van der Waals surface area contributed by atoms with Crippen molar-refractivity contribution in [1.29, 1.82) is 0 Å². The molecule has 0 aliphatic carbocycles. The third-order valence-electron chi connectivity index (χ3n) is 2.49. The first-order valence-corrected chi connectivity index (χ1v) is 8.09. The number of hydrogen-bond donors (Lipinski definition) is 1. The van der Waals surface area contributed by atoms with Crippen molar-refractivity contribution in [3.63, 3.8) is 0 Å². The highest BCUT2D eigenvalue weighted by Gasteiger charge is 2.14. The van der Waals surface area contributed by atoms with Crippen molar-refractivity contribution < 1.29 is 12.8 Å². The molecule has 20 heavy (non-hydrogen) atoms. The number of sulfonamides is 1. The molecule has 0 saturated heterocycles. The molecule has 0 fully saturated rings. The van der Waals surface area contributed by atoms with Gasteiger partial charge in [-0.25, -0.2) is 13.1 Å². The normalized spacial score (nSPS) is 11.7. The average molecular weight is 316 g/mol. The summed E-state index contributed by atoms with van der Waals surface area (Å²) in [5.41, 5.74) is 0.615. The van der Waals surface area contributed by atoms with Crippen LogP contribution < -0.4 is 4.72 Å². The van der Waals surface area contributed by atoms with Crippen molar-refractivity contribution in [2.75, 3.05) is 5.75 Å². The highest BCUT2D eigenvalue weighted by atomic mass is 35.5. The van der Waals surface area contributed by atoms with Gasteiger partial charge in [0.15, 0.2) is 0 Å². The van der Waals surface area contributed by atoms with E-state index in [-0.39, 0.29) is 24.1 Å². The molecular formula is C12H14ClN3O3S. The maximum absolute atomic E-state index is 11.5. The van der Waals surface area contributed by atoms with Gasteiger partial charge in [0, 0.05) is 0 Å². The molecule has 2 aromatic rings. The molecule has 1 aromatic carbocycles. The maximum Gasteiger partial charge on any atom is 0.249 e. The second-order valence-electron chi connectivity index (χ2n) is 4.12. The fourth-order valence-corrected chi connectivity index (χ4v) is 2.82. The van der Waals surface area contributed by atoms with Gasteiger partial charge in [0.2, 0.25) is 21.8 Å². The van der Waals surface area contributed by atoms with Gasteiger partial charge < -0.3 is 4.42 Å². The second kappa shape index (κ2) is 6.34. The fraction of sp³-hybridized carbons (Fsp3) is 0.333. The Hall–Kier alpha value is -1.44. The standard InChI is InChI=1S/C12H14ClN3O3S/c1-2-7-20(17,18)14-8-11-15-16-12(19-11)9-5-3-4-6-10(9)13/h3-6,14H,2,7-8H2,1H3. The van der Waals surface area contributed by atoms with Crippen LogP contribution in [0.25, 0.3) is 11.5 Å². The van der Waals surface area contributed by atoms with E-state index < -0.39 is 10.0 Å². The van der Waals surface area contributed by atoms with Crippen LogP contribution in [0.3, 0.4) is 0 Å². The van der Waals surface area contributed by atoms with Crippen molar-refractivity contribution in [1.82, 2.24) is 14.9 Å². The zero-order chi connectivity index (χ0) is 14.6. The molecule has 0 amide bonds. The largest absolute Gasteiger partial charge is 0.419 e. The lowest BCUT2D eigenvalue weighted by Gasteiger charge is -2.01. The van der Waals surface area contributed by atoms with Crippen LogP contribution in [-0.4, -0.2) is 24.4 Å². The second-order valence-corrected chi connectivity index (χ2v) is 6.45. The number of halogens is 1. The third-order valence-corrected chi connectivity index (χ3v) is 4.35. The van der Waals surface area contributed by atoms with E-state index in [2.05, 4.69) is 14.9 Å². The zero-order valence-electron chi connectivity index (χ0n) is 10.8. The van der Waals surface area contributed by atoms with E-state index in [9.17, 15) is 8.42 Å².